The van der Waals surface area contributed by atoms with Gasteiger partial charge in [-0.25, -0.2) is 4.39 Å². The van der Waals surface area contributed by atoms with E-state index in [-0.39, 0.29) is 11.7 Å². The third kappa shape index (κ3) is 3.95. The largest absolute Gasteiger partial charge is 0.493 e. The number of fused-ring (bicyclic) bond motifs is 1. The van der Waals surface area contributed by atoms with E-state index in [9.17, 15) is 9.18 Å². The van der Waals surface area contributed by atoms with Gasteiger partial charge in [0.05, 0.1) is 6.61 Å². The van der Waals surface area contributed by atoms with E-state index in [0.717, 1.165) is 35.8 Å². The van der Waals surface area contributed by atoms with Crippen molar-refractivity contribution in [3.63, 3.8) is 0 Å². The van der Waals surface area contributed by atoms with Gasteiger partial charge in [0.1, 0.15) is 11.6 Å². The first-order valence-electron chi connectivity index (χ1n) is 11.1. The number of nitrogens with one attached hydrogen (secondary N) is 1. The van der Waals surface area contributed by atoms with E-state index in [1.54, 1.807) is 12.1 Å². The zero-order valence-electron chi connectivity index (χ0n) is 17.4. The van der Waals surface area contributed by atoms with E-state index in [2.05, 4.69) is 17.1 Å². The molecule has 4 nitrogen and oxygen atoms in total. The van der Waals surface area contributed by atoms with Crippen LogP contribution in [0.3, 0.4) is 0 Å². The molecule has 5 rings (SSSR count). The lowest BCUT2D eigenvalue weighted by atomic mass is 9.76. The lowest BCUT2D eigenvalue weighted by molar-refractivity contribution is 0.0530. The van der Waals surface area contributed by atoms with Gasteiger partial charge < -0.3 is 10.1 Å². The molecule has 0 unspecified atom stereocenters. The maximum atomic E-state index is 13.5. The van der Waals surface area contributed by atoms with Crippen molar-refractivity contribution in [2.45, 2.75) is 44.7 Å². The topological polar surface area (TPSA) is 41.6 Å². The smallest absolute Gasteiger partial charge is 0.252 e. The second-order valence-corrected chi connectivity index (χ2v) is 9.10. The Hall–Kier alpha value is -2.40. The summed E-state index contributed by atoms with van der Waals surface area (Å²) in [4.78, 5) is 14.6. The third-order valence-electron chi connectivity index (χ3n) is 7.14. The van der Waals surface area contributed by atoms with Crippen LogP contribution in [0.15, 0.2) is 42.5 Å². The van der Waals surface area contributed by atoms with Gasteiger partial charge in [-0.15, -0.1) is 0 Å². The molecule has 1 saturated heterocycles. The fourth-order valence-electron chi connectivity index (χ4n) is 5.07. The van der Waals surface area contributed by atoms with Crippen molar-refractivity contribution in [2.24, 2.45) is 11.8 Å². The Morgan fingerprint density at radius 1 is 1.13 bits per heavy atom. The van der Waals surface area contributed by atoms with Crippen LogP contribution < -0.4 is 10.1 Å². The highest BCUT2D eigenvalue weighted by atomic mass is 19.1. The van der Waals surface area contributed by atoms with Gasteiger partial charge in [-0.3, -0.25) is 9.69 Å². The maximum Gasteiger partial charge on any atom is 0.252 e. The van der Waals surface area contributed by atoms with Crippen LogP contribution in [0.2, 0.25) is 0 Å². The first kappa shape index (κ1) is 19.6. The summed E-state index contributed by atoms with van der Waals surface area (Å²) in [6, 6.07) is 13.2. The average Bonchev–Trinajstić information content (AvgIpc) is 3.50. The van der Waals surface area contributed by atoms with Crippen LogP contribution in [0.1, 0.15) is 53.6 Å². The molecular formula is C25H29FN2O2. The average molecular weight is 409 g/mol. The molecule has 2 heterocycles. The molecule has 1 aliphatic carbocycles. The first-order valence-corrected chi connectivity index (χ1v) is 11.1. The summed E-state index contributed by atoms with van der Waals surface area (Å²) in [5.41, 5.74) is 2.93. The number of halogens is 1. The molecular weight excluding hydrogens is 379 g/mol. The van der Waals surface area contributed by atoms with E-state index in [4.69, 9.17) is 4.74 Å². The number of likely N-dealkylation sites (tertiary alicyclic amines) is 1. The summed E-state index contributed by atoms with van der Waals surface area (Å²) in [5.74, 6) is 2.03. The fourth-order valence-corrected chi connectivity index (χ4v) is 5.07. The Labute approximate surface area is 177 Å². The van der Waals surface area contributed by atoms with Gasteiger partial charge in [0.25, 0.3) is 5.91 Å². The molecule has 1 saturated carbocycles. The predicted molar refractivity (Wildman–Crippen MR) is 114 cm³/mol. The van der Waals surface area contributed by atoms with Crippen LogP contribution >= 0.6 is 0 Å². The number of rotatable bonds is 6. The van der Waals surface area contributed by atoms with Crippen molar-refractivity contribution in [3.05, 3.63) is 65.0 Å². The van der Waals surface area contributed by atoms with E-state index in [0.29, 0.717) is 31.0 Å². The number of carbonyl (C=O) groups is 1. The molecule has 2 aromatic rings. The number of hydrogen-bond acceptors (Lipinski definition) is 3. The molecule has 0 spiro atoms. The number of hydrogen-bond donors (Lipinski definition) is 1. The van der Waals surface area contributed by atoms with Gasteiger partial charge in [-0.05, 0) is 80.0 Å². The van der Waals surface area contributed by atoms with Gasteiger partial charge in [-0.1, -0.05) is 18.2 Å². The van der Waals surface area contributed by atoms with Gasteiger partial charge in [0.2, 0.25) is 0 Å². The zero-order valence-corrected chi connectivity index (χ0v) is 17.4. The summed E-state index contributed by atoms with van der Waals surface area (Å²) in [5, 5.41) is 2.86. The number of benzene rings is 2. The molecule has 3 aliphatic rings. The fraction of sp³-hybridized carbons (Fsp3) is 0.480. The molecule has 158 valence electrons. The van der Waals surface area contributed by atoms with Crippen LogP contribution in [-0.4, -0.2) is 36.5 Å². The Bertz CT molecular complexity index is 925. The standard InChI is InChI=1S/C25H29FN2O2/c1-16-24(15-30-21-9-6-19-13-27-25(29)23(19)12-21)22(18-4-7-20(26)8-5-18)10-11-28(16)14-17-2-3-17/h4-9,12,16-17,22,24H,2-3,10-11,13-15H2,1H3,(H,27,29)/t16-,22+,24-/m1/s1. The summed E-state index contributed by atoms with van der Waals surface area (Å²) < 4.78 is 19.7. The molecule has 1 amide bonds. The summed E-state index contributed by atoms with van der Waals surface area (Å²) in [7, 11) is 0. The highest BCUT2D eigenvalue weighted by molar-refractivity contribution is 5.98. The second-order valence-electron chi connectivity index (χ2n) is 9.10. The van der Waals surface area contributed by atoms with Crippen LogP contribution in [0.25, 0.3) is 0 Å². The minimum atomic E-state index is -0.192. The molecule has 0 bridgehead atoms. The second kappa shape index (κ2) is 8.03. The lowest BCUT2D eigenvalue weighted by Crippen LogP contribution is -2.49. The number of nitrogens with zero attached hydrogens (tertiary/aromatic N) is 1. The normalized spacial score (nSPS) is 26.3. The molecule has 3 atom stereocenters. The summed E-state index contributed by atoms with van der Waals surface area (Å²) in [6.45, 7) is 5.74. The van der Waals surface area contributed by atoms with Gasteiger partial charge in [0.15, 0.2) is 0 Å². The third-order valence-corrected chi connectivity index (χ3v) is 7.14. The number of amides is 1. The highest BCUT2D eigenvalue weighted by Crippen LogP contribution is 2.40. The molecule has 0 radical (unpaired) electrons. The van der Waals surface area contributed by atoms with Crippen molar-refractivity contribution in [3.8, 4) is 5.75 Å². The minimum absolute atomic E-state index is 0.0266. The Morgan fingerprint density at radius 3 is 2.70 bits per heavy atom. The summed E-state index contributed by atoms with van der Waals surface area (Å²) in [6.07, 6.45) is 3.76. The Kier molecular flexibility index (Phi) is 5.23. The monoisotopic (exact) mass is 408 g/mol. The maximum absolute atomic E-state index is 13.5. The van der Waals surface area contributed by atoms with Gasteiger partial charge in [0, 0.05) is 30.6 Å². The van der Waals surface area contributed by atoms with Crippen molar-refractivity contribution in [1.82, 2.24) is 10.2 Å². The van der Waals surface area contributed by atoms with Gasteiger partial charge >= 0.3 is 0 Å². The molecule has 30 heavy (non-hydrogen) atoms. The quantitative estimate of drug-likeness (QED) is 0.773. The van der Waals surface area contributed by atoms with E-state index < -0.39 is 0 Å². The van der Waals surface area contributed by atoms with Crippen LogP contribution in [0.5, 0.6) is 5.75 Å². The van der Waals surface area contributed by atoms with E-state index >= 15 is 0 Å². The minimum Gasteiger partial charge on any atom is -0.493 e. The molecule has 2 aromatic carbocycles. The van der Waals surface area contributed by atoms with E-state index in [1.165, 1.54) is 24.9 Å². The van der Waals surface area contributed by atoms with Crippen LogP contribution in [-0.2, 0) is 6.54 Å². The van der Waals surface area contributed by atoms with E-state index in [1.807, 2.05) is 30.3 Å². The highest BCUT2D eigenvalue weighted by Gasteiger charge is 2.38. The molecule has 0 aromatic heterocycles. The zero-order chi connectivity index (χ0) is 20.7. The number of carbonyl (C=O) groups excluding carboxylic acids is 1. The predicted octanol–water partition coefficient (Wildman–Crippen LogP) is 4.35. The number of ether oxygens (including phenoxy) is 1. The van der Waals surface area contributed by atoms with Crippen LogP contribution in [0, 0.1) is 17.7 Å². The van der Waals surface area contributed by atoms with Crippen LogP contribution in [0.4, 0.5) is 4.39 Å². The van der Waals surface area contributed by atoms with Crippen molar-refractivity contribution < 1.29 is 13.9 Å². The molecule has 2 aliphatic heterocycles. The van der Waals surface area contributed by atoms with Crippen molar-refractivity contribution in [2.75, 3.05) is 19.7 Å². The first-order chi connectivity index (χ1) is 14.6. The molecule has 1 N–H and O–H groups in total. The molecule has 5 heteroatoms. The Morgan fingerprint density at radius 2 is 1.93 bits per heavy atom. The SMILES string of the molecule is C[C@@H]1[C@@H](COc2ccc3c(c2)C(=O)NC3)[C@H](c2ccc(F)cc2)CCN1CC1CC1. The Balaban J connectivity index is 1.35. The van der Waals surface area contributed by atoms with Gasteiger partial charge in [-0.2, -0.15) is 0 Å². The van der Waals surface area contributed by atoms with Crippen molar-refractivity contribution in [1.29, 1.82) is 0 Å². The lowest BCUT2D eigenvalue weighted by Gasteiger charge is -2.44. The van der Waals surface area contributed by atoms with Crippen molar-refractivity contribution >= 4 is 5.91 Å². The number of piperidine rings is 1. The molecule has 2 fully saturated rings. The summed E-state index contributed by atoms with van der Waals surface area (Å²) >= 11 is 0.